The van der Waals surface area contributed by atoms with Gasteiger partial charge >= 0.3 is 0 Å². The molecule has 164 valence electrons. The van der Waals surface area contributed by atoms with Gasteiger partial charge in [0.15, 0.2) is 0 Å². The quantitative estimate of drug-likeness (QED) is 0.147. The highest BCUT2D eigenvalue weighted by Gasteiger charge is 1.99. The van der Waals surface area contributed by atoms with Crippen molar-refractivity contribution in [1.82, 2.24) is 5.32 Å². The van der Waals surface area contributed by atoms with Crippen LogP contribution in [0.5, 0.6) is 0 Å². The molecular formula is C26H49NO. The molecule has 0 aromatic heterocycles. The minimum absolute atomic E-state index is 0.0976. The molecule has 0 heterocycles. The average Bonchev–Trinajstić information content (AvgIpc) is 2.70. The van der Waals surface area contributed by atoms with Crippen LogP contribution >= 0.6 is 0 Å². The van der Waals surface area contributed by atoms with Gasteiger partial charge in [-0.25, -0.2) is 0 Å². The fourth-order valence-corrected chi connectivity index (χ4v) is 3.78. The summed E-state index contributed by atoms with van der Waals surface area (Å²) in [6.45, 7) is 2.65. The minimum atomic E-state index is 0.0976. The smallest absolute Gasteiger partial charge is 0.220 e. The highest BCUT2D eigenvalue weighted by atomic mass is 16.1. The standard InChI is InChI=1S/C26H49NO/c1-3-5-6-7-8-9-10-11-12-13-14-15-16-17-18-19-20-21-22-23-24-26(28)27-25-4-2/h2H,3,5-25H2,1H3,(H,27,28). The van der Waals surface area contributed by atoms with Crippen molar-refractivity contribution in [1.29, 1.82) is 0 Å². The van der Waals surface area contributed by atoms with Crippen molar-refractivity contribution in [2.24, 2.45) is 0 Å². The van der Waals surface area contributed by atoms with Crippen molar-refractivity contribution in [3.8, 4) is 12.3 Å². The van der Waals surface area contributed by atoms with Crippen molar-refractivity contribution < 1.29 is 4.79 Å². The second kappa shape index (κ2) is 24.1. The summed E-state index contributed by atoms with van der Waals surface area (Å²) in [4.78, 5) is 11.4. The fraction of sp³-hybridized carbons (Fsp3) is 0.885. The lowest BCUT2D eigenvalue weighted by Gasteiger charge is -2.04. The number of unbranched alkanes of at least 4 members (excludes halogenated alkanes) is 19. The van der Waals surface area contributed by atoms with Gasteiger partial charge in [-0.3, -0.25) is 4.79 Å². The van der Waals surface area contributed by atoms with E-state index in [-0.39, 0.29) is 5.91 Å². The van der Waals surface area contributed by atoms with Crippen LogP contribution in [0.4, 0.5) is 0 Å². The van der Waals surface area contributed by atoms with Gasteiger partial charge in [0.25, 0.3) is 0 Å². The first-order valence-electron chi connectivity index (χ1n) is 12.5. The lowest BCUT2D eigenvalue weighted by Crippen LogP contribution is -2.22. The number of hydrogen-bond donors (Lipinski definition) is 1. The Bertz CT molecular complexity index is 358. The Morgan fingerprint density at radius 3 is 1.25 bits per heavy atom. The first-order valence-corrected chi connectivity index (χ1v) is 12.5. The van der Waals surface area contributed by atoms with E-state index in [9.17, 15) is 4.79 Å². The molecule has 1 amide bonds. The Balaban J connectivity index is 3.05. The average molecular weight is 392 g/mol. The first-order chi connectivity index (χ1) is 13.8. The molecule has 0 radical (unpaired) electrons. The summed E-state index contributed by atoms with van der Waals surface area (Å²) in [6, 6.07) is 0. The van der Waals surface area contributed by atoms with E-state index < -0.39 is 0 Å². The van der Waals surface area contributed by atoms with E-state index in [2.05, 4.69) is 18.2 Å². The molecular weight excluding hydrogens is 342 g/mol. The van der Waals surface area contributed by atoms with Gasteiger partial charge in [0, 0.05) is 6.42 Å². The molecule has 0 fully saturated rings. The van der Waals surface area contributed by atoms with Crippen LogP contribution in [0.25, 0.3) is 0 Å². The molecule has 0 spiro atoms. The summed E-state index contributed by atoms with van der Waals surface area (Å²) >= 11 is 0. The van der Waals surface area contributed by atoms with Crippen molar-refractivity contribution in [2.75, 3.05) is 6.54 Å². The summed E-state index contributed by atoms with van der Waals surface area (Å²) in [6.07, 6.45) is 33.4. The topological polar surface area (TPSA) is 29.1 Å². The van der Waals surface area contributed by atoms with Crippen molar-refractivity contribution in [3.05, 3.63) is 0 Å². The maximum Gasteiger partial charge on any atom is 0.220 e. The van der Waals surface area contributed by atoms with Gasteiger partial charge in [-0.05, 0) is 6.42 Å². The fourth-order valence-electron chi connectivity index (χ4n) is 3.78. The number of amides is 1. The molecule has 2 heteroatoms. The van der Waals surface area contributed by atoms with Crippen LogP contribution in [-0.2, 0) is 4.79 Å². The Morgan fingerprint density at radius 2 is 0.929 bits per heavy atom. The molecule has 0 saturated heterocycles. The molecule has 0 aliphatic rings. The van der Waals surface area contributed by atoms with E-state index in [1.54, 1.807) is 0 Å². The van der Waals surface area contributed by atoms with Crippen LogP contribution in [0.15, 0.2) is 0 Å². The van der Waals surface area contributed by atoms with Gasteiger partial charge < -0.3 is 5.32 Å². The second-order valence-corrected chi connectivity index (χ2v) is 8.45. The van der Waals surface area contributed by atoms with Crippen LogP contribution < -0.4 is 5.32 Å². The SMILES string of the molecule is C#CCNC(=O)CCCCCCCCCCCCCCCCCCCCCC. The zero-order valence-corrected chi connectivity index (χ0v) is 19.0. The largest absolute Gasteiger partial charge is 0.345 e. The molecule has 0 aromatic rings. The number of rotatable bonds is 22. The summed E-state index contributed by atoms with van der Waals surface area (Å²) in [5, 5.41) is 2.72. The van der Waals surface area contributed by atoms with Crippen LogP contribution in [0, 0.1) is 12.3 Å². The van der Waals surface area contributed by atoms with E-state index in [4.69, 9.17) is 6.42 Å². The summed E-state index contributed by atoms with van der Waals surface area (Å²) < 4.78 is 0. The van der Waals surface area contributed by atoms with E-state index in [0.717, 1.165) is 6.42 Å². The van der Waals surface area contributed by atoms with E-state index in [0.29, 0.717) is 13.0 Å². The number of carbonyl (C=O) groups is 1. The summed E-state index contributed by atoms with van der Waals surface area (Å²) in [7, 11) is 0. The maximum atomic E-state index is 11.4. The molecule has 0 unspecified atom stereocenters. The van der Waals surface area contributed by atoms with E-state index >= 15 is 0 Å². The van der Waals surface area contributed by atoms with Gasteiger partial charge in [-0.1, -0.05) is 135 Å². The van der Waals surface area contributed by atoms with Crippen LogP contribution in [0.3, 0.4) is 0 Å². The molecule has 0 atom stereocenters. The Morgan fingerprint density at radius 1 is 0.607 bits per heavy atom. The van der Waals surface area contributed by atoms with Gasteiger partial charge in [0.05, 0.1) is 6.54 Å². The van der Waals surface area contributed by atoms with Crippen molar-refractivity contribution >= 4 is 5.91 Å². The summed E-state index contributed by atoms with van der Waals surface area (Å²) in [5.74, 6) is 2.53. The second-order valence-electron chi connectivity index (χ2n) is 8.45. The Labute approximate surface area is 177 Å². The first kappa shape index (κ1) is 27.0. The lowest BCUT2D eigenvalue weighted by molar-refractivity contribution is -0.120. The number of carbonyl (C=O) groups excluding carboxylic acids is 1. The summed E-state index contributed by atoms with van der Waals surface area (Å²) in [5.41, 5.74) is 0. The number of hydrogen-bond acceptors (Lipinski definition) is 1. The molecule has 28 heavy (non-hydrogen) atoms. The van der Waals surface area contributed by atoms with Gasteiger partial charge in [0.1, 0.15) is 0 Å². The highest BCUT2D eigenvalue weighted by molar-refractivity contribution is 5.76. The molecule has 0 aliphatic carbocycles. The number of terminal acetylenes is 1. The highest BCUT2D eigenvalue weighted by Crippen LogP contribution is 2.15. The van der Waals surface area contributed by atoms with Gasteiger partial charge in [-0.2, -0.15) is 0 Å². The zero-order chi connectivity index (χ0) is 20.5. The predicted molar refractivity (Wildman–Crippen MR) is 124 cm³/mol. The molecule has 0 aliphatic heterocycles. The molecule has 0 rings (SSSR count). The van der Waals surface area contributed by atoms with Crippen LogP contribution in [-0.4, -0.2) is 12.5 Å². The van der Waals surface area contributed by atoms with Crippen LogP contribution in [0.1, 0.15) is 142 Å². The minimum Gasteiger partial charge on any atom is -0.345 e. The van der Waals surface area contributed by atoms with Crippen molar-refractivity contribution in [2.45, 2.75) is 142 Å². The normalized spacial score (nSPS) is 10.7. The Hall–Kier alpha value is -0.970. The molecule has 2 nitrogen and oxygen atoms in total. The van der Waals surface area contributed by atoms with E-state index in [1.807, 2.05) is 0 Å². The molecule has 0 saturated carbocycles. The third-order valence-corrected chi connectivity index (χ3v) is 5.65. The molecule has 0 bridgehead atoms. The number of nitrogens with one attached hydrogen (secondary N) is 1. The Kier molecular flexibility index (Phi) is 23.2. The lowest BCUT2D eigenvalue weighted by atomic mass is 10.0. The molecule has 1 N–H and O–H groups in total. The van der Waals surface area contributed by atoms with Crippen LogP contribution in [0.2, 0.25) is 0 Å². The van der Waals surface area contributed by atoms with Gasteiger partial charge in [0.2, 0.25) is 5.91 Å². The monoisotopic (exact) mass is 391 g/mol. The predicted octanol–water partition coefficient (Wildman–Crippen LogP) is 7.95. The van der Waals surface area contributed by atoms with Crippen molar-refractivity contribution in [3.63, 3.8) is 0 Å². The van der Waals surface area contributed by atoms with Gasteiger partial charge in [-0.15, -0.1) is 6.42 Å². The third kappa shape index (κ3) is 23.1. The van der Waals surface area contributed by atoms with E-state index in [1.165, 1.54) is 122 Å². The third-order valence-electron chi connectivity index (χ3n) is 5.65. The molecule has 0 aromatic carbocycles. The maximum absolute atomic E-state index is 11.4. The zero-order valence-electron chi connectivity index (χ0n) is 19.0.